The maximum atomic E-state index is 17.1. The van der Waals surface area contributed by atoms with Gasteiger partial charge in [-0.1, -0.05) is 55.1 Å². The van der Waals surface area contributed by atoms with Gasteiger partial charge < -0.3 is 24.4 Å². The van der Waals surface area contributed by atoms with Crippen molar-refractivity contribution >= 4 is 33.6 Å². The molecule has 3 aromatic rings. The zero-order valence-electron chi connectivity index (χ0n) is 31.7. The summed E-state index contributed by atoms with van der Waals surface area (Å²) in [6.45, 7) is 5.76. The van der Waals surface area contributed by atoms with Crippen molar-refractivity contribution in [1.82, 2.24) is 14.9 Å². The van der Waals surface area contributed by atoms with E-state index in [1.54, 1.807) is 45.0 Å². The van der Waals surface area contributed by atoms with Gasteiger partial charge in [0.05, 0.1) is 18.6 Å². The molecule has 2 N–H and O–H groups in total. The van der Waals surface area contributed by atoms with Gasteiger partial charge in [0.15, 0.2) is 6.04 Å². The van der Waals surface area contributed by atoms with Crippen LogP contribution in [0.25, 0.3) is 11.1 Å². The molecule has 2 aliphatic heterocycles. The number of carbonyl (C=O) groups excluding carboxylic acids is 2. The van der Waals surface area contributed by atoms with Gasteiger partial charge in [-0.2, -0.15) is 13.5 Å². The van der Waals surface area contributed by atoms with E-state index < -0.39 is 57.2 Å². The predicted molar refractivity (Wildman–Crippen MR) is 206 cm³/mol. The van der Waals surface area contributed by atoms with E-state index in [-0.39, 0.29) is 16.7 Å². The van der Waals surface area contributed by atoms with Gasteiger partial charge in [0.25, 0.3) is 5.92 Å². The molecule has 14 heteroatoms. The lowest BCUT2D eigenvalue weighted by Gasteiger charge is -2.42. The number of amides is 2. The highest BCUT2D eigenvalue weighted by molar-refractivity contribution is 7.89. The molecule has 3 atom stereocenters. The molecule has 1 saturated carbocycles. The number of hydrogen-bond donors (Lipinski definition) is 2. The number of rotatable bonds is 12. The molecule has 6 rings (SSSR count). The van der Waals surface area contributed by atoms with Crippen LogP contribution in [0.4, 0.5) is 13.6 Å². The highest BCUT2D eigenvalue weighted by Gasteiger charge is 2.54. The second-order valence-electron chi connectivity index (χ2n) is 15.8. The van der Waals surface area contributed by atoms with E-state index in [4.69, 9.17) is 25.8 Å². The molecule has 1 aliphatic carbocycles. The maximum Gasteiger partial charge on any atom is 0.407 e. The number of methoxy groups -OCH3 is 1. The number of sulfonamides is 1. The van der Waals surface area contributed by atoms with E-state index in [0.29, 0.717) is 60.1 Å². The number of halogens is 3. The monoisotopic (exact) mass is 801 g/mol. The average molecular weight is 802 g/mol. The van der Waals surface area contributed by atoms with Crippen molar-refractivity contribution in [3.05, 3.63) is 77.3 Å². The summed E-state index contributed by atoms with van der Waals surface area (Å²) < 4.78 is 81.0. The third-order valence-corrected chi connectivity index (χ3v) is 12.4. The Kier molecular flexibility index (Phi) is 12.3. The van der Waals surface area contributed by atoms with Gasteiger partial charge in [-0.3, -0.25) is 4.79 Å². The fourth-order valence-corrected chi connectivity index (χ4v) is 9.31. The second kappa shape index (κ2) is 16.7. The van der Waals surface area contributed by atoms with Crippen LogP contribution in [-0.2, 0) is 25.5 Å². The Labute approximate surface area is 327 Å². The van der Waals surface area contributed by atoms with Gasteiger partial charge in [-0.25, -0.2) is 13.2 Å². The van der Waals surface area contributed by atoms with Crippen molar-refractivity contribution in [1.29, 1.82) is 0 Å². The van der Waals surface area contributed by atoms with E-state index in [1.807, 2.05) is 0 Å². The highest BCUT2D eigenvalue weighted by atomic mass is 35.5. The summed E-state index contributed by atoms with van der Waals surface area (Å²) in [5.41, 5.74) is -0.155. The van der Waals surface area contributed by atoms with Gasteiger partial charge >= 0.3 is 6.09 Å². The molecule has 10 nitrogen and oxygen atoms in total. The summed E-state index contributed by atoms with van der Waals surface area (Å²) in [5, 5.41) is 3.36. The van der Waals surface area contributed by atoms with Crippen molar-refractivity contribution in [3.63, 3.8) is 0 Å². The Hall–Kier alpha value is -3.94. The Balaban J connectivity index is 1.28. The fourth-order valence-electron chi connectivity index (χ4n) is 8.00. The van der Waals surface area contributed by atoms with Crippen LogP contribution in [-0.4, -0.2) is 68.8 Å². The average Bonchev–Trinajstić information content (AvgIpc) is 3.42. The Morgan fingerprint density at radius 2 is 1.55 bits per heavy atom. The van der Waals surface area contributed by atoms with E-state index >= 15 is 8.78 Å². The van der Waals surface area contributed by atoms with Crippen LogP contribution in [0.15, 0.2) is 71.6 Å². The molecule has 0 radical (unpaired) electrons. The Morgan fingerprint density at radius 1 is 0.909 bits per heavy atom. The molecule has 0 spiro atoms. The smallest absolute Gasteiger partial charge is 0.407 e. The summed E-state index contributed by atoms with van der Waals surface area (Å²) in [4.78, 5) is 28.2. The van der Waals surface area contributed by atoms with E-state index in [9.17, 15) is 18.0 Å². The third-order valence-electron chi connectivity index (χ3n) is 10.7. The Morgan fingerprint density at radius 3 is 2.15 bits per heavy atom. The van der Waals surface area contributed by atoms with Crippen LogP contribution < -0.4 is 19.5 Å². The molecular weight excluding hydrogens is 752 g/mol. The predicted octanol–water partition coefficient (Wildman–Crippen LogP) is 8.46. The zero-order valence-corrected chi connectivity index (χ0v) is 33.2. The maximum absolute atomic E-state index is 17.1. The molecule has 3 fully saturated rings. The first-order chi connectivity index (χ1) is 26.0. The van der Waals surface area contributed by atoms with Crippen LogP contribution in [0.1, 0.15) is 84.1 Å². The minimum Gasteiger partial charge on any atom is -0.496 e. The summed E-state index contributed by atoms with van der Waals surface area (Å²) >= 11 is 6.06. The van der Waals surface area contributed by atoms with Crippen LogP contribution in [0.3, 0.4) is 0 Å². The number of nitrogens with zero attached hydrogens (tertiary/aromatic N) is 1. The van der Waals surface area contributed by atoms with Crippen molar-refractivity contribution in [3.8, 4) is 22.6 Å². The fraction of sp³-hybridized carbons (Fsp3) is 0.512. The minimum absolute atomic E-state index is 0.103. The highest BCUT2D eigenvalue weighted by Crippen LogP contribution is 2.42. The molecule has 2 saturated heterocycles. The first-order valence-electron chi connectivity index (χ1n) is 18.9. The van der Waals surface area contributed by atoms with Crippen LogP contribution in [0.2, 0.25) is 5.02 Å². The number of nitrogens with one attached hydrogen (secondary N) is 2. The largest absolute Gasteiger partial charge is 0.496 e. The molecule has 3 unspecified atom stereocenters. The number of piperidine rings is 1. The van der Waals surface area contributed by atoms with E-state index in [1.165, 1.54) is 54.8 Å². The standard InChI is InChI=1S/C41H50ClF2N3O7S/c1-40(2,3)54-39(49)45-30-23-31-15-16-32(24-30)47(31)38(48)37(41(43,44)28-12-21-35(36(22-28)52-4)27-10-13-29(42)14-11-27)46-55(50,51)34-19-17-33(18-20-34)53-25-26-8-6-5-7-9-26/h10-14,17-22,26,30-32,37,46H,5-9,15-16,23-25H2,1-4H3,(H,45,49). The lowest BCUT2D eigenvalue weighted by atomic mass is 9.90. The van der Waals surface area contributed by atoms with Crippen molar-refractivity contribution in [2.24, 2.45) is 5.92 Å². The van der Waals surface area contributed by atoms with Crippen LogP contribution in [0, 0.1) is 5.92 Å². The van der Waals surface area contributed by atoms with E-state index in [2.05, 4.69) is 10.0 Å². The van der Waals surface area contributed by atoms with Crippen molar-refractivity contribution in [2.45, 2.75) is 119 Å². The zero-order chi connectivity index (χ0) is 39.5. The second-order valence-corrected chi connectivity index (χ2v) is 18.0. The summed E-state index contributed by atoms with van der Waals surface area (Å²) in [6, 6.07) is 12.2. The summed E-state index contributed by atoms with van der Waals surface area (Å²) in [6.07, 6.45) is 6.72. The van der Waals surface area contributed by atoms with Gasteiger partial charge in [0.2, 0.25) is 15.9 Å². The van der Waals surface area contributed by atoms with Gasteiger partial charge in [0, 0.05) is 34.3 Å². The number of hydrogen-bond acceptors (Lipinski definition) is 7. The number of ether oxygens (including phenoxy) is 3. The minimum atomic E-state index is -4.67. The summed E-state index contributed by atoms with van der Waals surface area (Å²) in [7, 11) is -3.32. The van der Waals surface area contributed by atoms with Gasteiger partial charge in [0.1, 0.15) is 17.1 Å². The molecule has 2 heterocycles. The molecule has 55 heavy (non-hydrogen) atoms. The van der Waals surface area contributed by atoms with Gasteiger partial charge in [-0.15, -0.1) is 0 Å². The molecule has 3 aromatic carbocycles. The SMILES string of the molecule is COc1cc(C(F)(F)C(NS(=O)(=O)c2ccc(OCC3CCCCC3)cc2)C(=O)N2C3CCC2CC(NC(=O)OC(C)(C)C)C3)ccc1-c1ccc(Cl)cc1. The summed E-state index contributed by atoms with van der Waals surface area (Å²) in [5.74, 6) is -4.09. The Bertz CT molecular complexity index is 1920. The number of benzene rings is 3. The molecule has 3 aliphatic rings. The lowest BCUT2D eigenvalue weighted by Crippen LogP contribution is -2.61. The lowest BCUT2D eigenvalue weighted by molar-refractivity contribution is -0.149. The normalized spacial score (nSPS) is 21.1. The number of alkyl halides is 2. The molecule has 2 amide bonds. The van der Waals surface area contributed by atoms with E-state index in [0.717, 1.165) is 31.7 Å². The van der Waals surface area contributed by atoms with Crippen LogP contribution >= 0.6 is 11.6 Å². The van der Waals surface area contributed by atoms with Crippen molar-refractivity contribution < 1.29 is 41.0 Å². The molecule has 298 valence electrons. The third kappa shape index (κ3) is 9.72. The molecule has 0 aromatic heterocycles. The number of alkyl carbamates (subject to hydrolysis) is 1. The number of fused-ring (bicyclic) bond motifs is 2. The van der Waals surface area contributed by atoms with Crippen LogP contribution in [0.5, 0.6) is 11.5 Å². The van der Waals surface area contributed by atoms with Crippen molar-refractivity contribution in [2.75, 3.05) is 13.7 Å². The topological polar surface area (TPSA) is 123 Å². The quantitative estimate of drug-likeness (QED) is 0.189. The number of carbonyl (C=O) groups is 2. The van der Waals surface area contributed by atoms with Gasteiger partial charge in [-0.05, 0) is 113 Å². The first-order valence-corrected chi connectivity index (χ1v) is 20.8. The molecular formula is C41H50ClF2N3O7S. The molecule has 2 bridgehead atoms. The first kappa shape index (κ1) is 40.7.